The Balaban J connectivity index is 1.91. The smallest absolute Gasteiger partial charge is 0.271 e. The van der Waals surface area contributed by atoms with Gasteiger partial charge in [-0.15, -0.1) is 0 Å². The van der Waals surface area contributed by atoms with Crippen LogP contribution < -0.4 is 10.6 Å². The molecule has 0 fully saturated rings. The highest BCUT2D eigenvalue weighted by atomic mass is 35.5. The maximum Gasteiger partial charge on any atom is 0.271 e. The molecule has 6 nitrogen and oxygen atoms in total. The zero-order valence-electron chi connectivity index (χ0n) is 12.5. The Labute approximate surface area is 138 Å². The second-order valence-corrected chi connectivity index (χ2v) is 5.39. The highest BCUT2D eigenvalue weighted by Crippen LogP contribution is 2.26. The summed E-state index contributed by atoms with van der Waals surface area (Å²) in [7, 11) is 0. The lowest BCUT2D eigenvalue weighted by Gasteiger charge is -2.14. The predicted octanol–water partition coefficient (Wildman–Crippen LogP) is 3.54. The minimum Gasteiger partial charge on any atom is -0.324 e. The second kappa shape index (κ2) is 7.71. The molecule has 2 N–H and O–H groups in total. The van der Waals surface area contributed by atoms with Crippen LogP contribution in [0.2, 0.25) is 5.02 Å². The molecule has 0 aliphatic rings. The Morgan fingerprint density at radius 3 is 2.57 bits per heavy atom. The first-order chi connectivity index (χ1) is 11.0. The number of carbonyl (C=O) groups is 1. The monoisotopic (exact) mass is 333 g/mol. The van der Waals surface area contributed by atoms with Crippen LogP contribution in [-0.4, -0.2) is 17.4 Å². The summed E-state index contributed by atoms with van der Waals surface area (Å²) >= 11 is 5.94. The van der Waals surface area contributed by atoms with Gasteiger partial charge in [0.2, 0.25) is 5.91 Å². The van der Waals surface area contributed by atoms with Crippen LogP contribution in [0.3, 0.4) is 0 Å². The van der Waals surface area contributed by atoms with Crippen molar-refractivity contribution in [2.24, 2.45) is 0 Å². The van der Waals surface area contributed by atoms with Crippen LogP contribution in [0.15, 0.2) is 48.5 Å². The molecule has 0 heterocycles. The molecule has 0 radical (unpaired) electrons. The molecule has 0 aliphatic carbocycles. The van der Waals surface area contributed by atoms with Gasteiger partial charge in [-0.1, -0.05) is 41.9 Å². The Bertz CT molecular complexity index is 707. The number of benzene rings is 2. The van der Waals surface area contributed by atoms with E-state index in [1.165, 1.54) is 18.2 Å². The van der Waals surface area contributed by atoms with Crippen molar-refractivity contribution in [3.63, 3.8) is 0 Å². The van der Waals surface area contributed by atoms with Gasteiger partial charge in [0.15, 0.2) is 0 Å². The Hall–Kier alpha value is -2.44. The molecule has 120 valence electrons. The van der Waals surface area contributed by atoms with Gasteiger partial charge in [-0.05, 0) is 18.6 Å². The molecule has 0 aromatic heterocycles. The van der Waals surface area contributed by atoms with E-state index in [4.69, 9.17) is 11.6 Å². The molecule has 1 amide bonds. The molecule has 0 unspecified atom stereocenters. The number of nitrogens with one attached hydrogen (secondary N) is 2. The number of rotatable bonds is 6. The zero-order chi connectivity index (χ0) is 16.8. The minimum atomic E-state index is -0.541. The fourth-order valence-electron chi connectivity index (χ4n) is 2.02. The summed E-state index contributed by atoms with van der Waals surface area (Å²) in [5, 5.41) is 16.5. The predicted molar refractivity (Wildman–Crippen MR) is 89.6 cm³/mol. The molecule has 0 bridgehead atoms. The third-order valence-electron chi connectivity index (χ3n) is 3.31. The molecular formula is C16H16ClN3O3. The van der Waals surface area contributed by atoms with E-state index in [0.29, 0.717) is 5.69 Å². The number of carbonyl (C=O) groups excluding carboxylic acids is 1. The lowest BCUT2D eigenvalue weighted by atomic mass is 10.1. The summed E-state index contributed by atoms with van der Waals surface area (Å²) in [5.41, 5.74) is 1.30. The Kier molecular flexibility index (Phi) is 5.67. The molecule has 2 aromatic rings. The van der Waals surface area contributed by atoms with Crippen molar-refractivity contribution in [1.82, 2.24) is 5.32 Å². The molecule has 23 heavy (non-hydrogen) atoms. The molecular weight excluding hydrogens is 318 g/mol. The first-order valence-electron chi connectivity index (χ1n) is 6.99. The van der Waals surface area contributed by atoms with Gasteiger partial charge in [0.1, 0.15) is 0 Å². The summed E-state index contributed by atoms with van der Waals surface area (Å²) < 4.78 is 0. The van der Waals surface area contributed by atoms with E-state index >= 15 is 0 Å². The summed E-state index contributed by atoms with van der Waals surface area (Å²) in [6.45, 7) is 2.06. The summed E-state index contributed by atoms with van der Waals surface area (Å²) in [6.07, 6.45) is 0. The maximum atomic E-state index is 12.0. The fraction of sp³-hybridized carbons (Fsp3) is 0.188. The zero-order valence-corrected chi connectivity index (χ0v) is 13.2. The third-order valence-corrected chi connectivity index (χ3v) is 3.62. The van der Waals surface area contributed by atoms with E-state index in [-0.39, 0.29) is 29.2 Å². The Morgan fingerprint density at radius 1 is 1.26 bits per heavy atom. The van der Waals surface area contributed by atoms with Crippen molar-refractivity contribution in [2.45, 2.75) is 13.0 Å². The van der Waals surface area contributed by atoms with E-state index in [0.717, 1.165) is 5.56 Å². The molecule has 0 aliphatic heterocycles. The number of hydrogen-bond donors (Lipinski definition) is 2. The lowest BCUT2D eigenvalue weighted by molar-refractivity contribution is -0.384. The standard InChI is InChI=1S/C16H16ClN3O3/c1-11(12-5-3-2-4-6-12)18-10-16(21)19-15-8-7-13(20(22)23)9-14(15)17/h2-9,11,18H,10H2,1H3,(H,19,21)/t11-/m0/s1. The molecule has 1 atom stereocenters. The molecule has 0 saturated heterocycles. The van der Waals surface area contributed by atoms with Crippen molar-refractivity contribution >= 4 is 28.9 Å². The number of hydrogen-bond acceptors (Lipinski definition) is 4. The highest BCUT2D eigenvalue weighted by molar-refractivity contribution is 6.34. The van der Waals surface area contributed by atoms with E-state index in [2.05, 4.69) is 10.6 Å². The van der Waals surface area contributed by atoms with Gasteiger partial charge >= 0.3 is 0 Å². The summed E-state index contributed by atoms with van der Waals surface area (Å²) in [4.78, 5) is 22.1. The van der Waals surface area contributed by atoms with Crippen LogP contribution in [0, 0.1) is 10.1 Å². The average molecular weight is 334 g/mol. The van der Waals surface area contributed by atoms with Gasteiger partial charge < -0.3 is 10.6 Å². The summed E-state index contributed by atoms with van der Waals surface area (Å²) in [5.74, 6) is -0.275. The largest absolute Gasteiger partial charge is 0.324 e. The third kappa shape index (κ3) is 4.77. The topological polar surface area (TPSA) is 84.3 Å². The first kappa shape index (κ1) is 16.9. The SMILES string of the molecule is C[C@H](NCC(=O)Nc1ccc([N+](=O)[O-])cc1Cl)c1ccccc1. The molecule has 0 spiro atoms. The van der Waals surface area contributed by atoms with Gasteiger partial charge in [-0.25, -0.2) is 0 Å². The van der Waals surface area contributed by atoms with Gasteiger partial charge in [0, 0.05) is 18.2 Å². The maximum absolute atomic E-state index is 12.0. The average Bonchev–Trinajstić information content (AvgIpc) is 2.55. The van der Waals surface area contributed by atoms with E-state index in [1.54, 1.807) is 0 Å². The molecule has 7 heteroatoms. The van der Waals surface area contributed by atoms with Crippen molar-refractivity contribution in [2.75, 3.05) is 11.9 Å². The molecule has 2 aromatic carbocycles. The number of halogens is 1. The lowest BCUT2D eigenvalue weighted by Crippen LogP contribution is -2.30. The van der Waals surface area contributed by atoms with Gasteiger partial charge in [-0.3, -0.25) is 14.9 Å². The number of nitro benzene ring substituents is 1. The van der Waals surface area contributed by atoms with E-state index in [9.17, 15) is 14.9 Å². The van der Waals surface area contributed by atoms with Crippen LogP contribution in [-0.2, 0) is 4.79 Å². The van der Waals surface area contributed by atoms with E-state index < -0.39 is 4.92 Å². The minimum absolute atomic E-state index is 0.0225. The van der Waals surface area contributed by atoms with Crippen LogP contribution in [0.25, 0.3) is 0 Å². The number of amides is 1. The van der Waals surface area contributed by atoms with Crippen molar-refractivity contribution in [1.29, 1.82) is 0 Å². The van der Waals surface area contributed by atoms with Gasteiger partial charge in [0.05, 0.1) is 22.2 Å². The van der Waals surface area contributed by atoms with Gasteiger partial charge in [0.25, 0.3) is 5.69 Å². The number of nitro groups is 1. The number of anilines is 1. The summed E-state index contributed by atoms with van der Waals surface area (Å²) in [6, 6.07) is 13.7. The Morgan fingerprint density at radius 2 is 1.96 bits per heavy atom. The second-order valence-electron chi connectivity index (χ2n) is 4.98. The molecule has 0 saturated carbocycles. The van der Waals surface area contributed by atoms with Crippen molar-refractivity contribution in [3.8, 4) is 0 Å². The van der Waals surface area contributed by atoms with Crippen LogP contribution in [0.1, 0.15) is 18.5 Å². The fourth-order valence-corrected chi connectivity index (χ4v) is 2.24. The van der Waals surface area contributed by atoms with Crippen LogP contribution >= 0.6 is 11.6 Å². The number of non-ortho nitro benzene ring substituents is 1. The van der Waals surface area contributed by atoms with Crippen LogP contribution in [0.4, 0.5) is 11.4 Å². The van der Waals surface area contributed by atoms with Crippen molar-refractivity contribution in [3.05, 3.63) is 69.2 Å². The first-order valence-corrected chi connectivity index (χ1v) is 7.37. The van der Waals surface area contributed by atoms with Crippen LogP contribution in [0.5, 0.6) is 0 Å². The van der Waals surface area contributed by atoms with Crippen molar-refractivity contribution < 1.29 is 9.72 Å². The van der Waals surface area contributed by atoms with E-state index in [1.807, 2.05) is 37.3 Å². The number of nitrogens with zero attached hydrogens (tertiary/aromatic N) is 1. The van der Waals surface area contributed by atoms with Gasteiger partial charge in [-0.2, -0.15) is 0 Å². The molecule has 2 rings (SSSR count). The normalized spacial score (nSPS) is 11.7. The highest BCUT2D eigenvalue weighted by Gasteiger charge is 2.12. The quantitative estimate of drug-likeness (QED) is 0.625.